The number of carbonyl (C=O) groups is 1. The van der Waals surface area contributed by atoms with E-state index in [2.05, 4.69) is 15.8 Å². The number of ether oxygens (including phenoxy) is 1. The highest BCUT2D eigenvalue weighted by molar-refractivity contribution is 7.22. The van der Waals surface area contributed by atoms with Gasteiger partial charge in [-0.2, -0.15) is 0 Å². The van der Waals surface area contributed by atoms with Crippen LogP contribution in [0.25, 0.3) is 31.7 Å². The Morgan fingerprint density at radius 1 is 1.03 bits per heavy atom. The molecule has 148 valence electrons. The maximum Gasteiger partial charge on any atom is 0.270 e. The predicted octanol–water partition coefficient (Wildman–Crippen LogP) is 5.34. The Labute approximate surface area is 180 Å². The number of thiophene rings is 1. The highest BCUT2D eigenvalue weighted by Crippen LogP contribution is 2.32. The van der Waals surface area contributed by atoms with Gasteiger partial charge in [-0.15, -0.1) is 11.3 Å². The van der Waals surface area contributed by atoms with E-state index in [1.807, 2.05) is 66.0 Å². The van der Waals surface area contributed by atoms with Gasteiger partial charge in [0.2, 0.25) is 5.13 Å². The normalized spacial score (nSPS) is 11.0. The van der Waals surface area contributed by atoms with E-state index in [0.29, 0.717) is 16.4 Å². The summed E-state index contributed by atoms with van der Waals surface area (Å²) in [5.74, 6) is 0.446. The van der Waals surface area contributed by atoms with Gasteiger partial charge in [0.05, 0.1) is 33.5 Å². The van der Waals surface area contributed by atoms with E-state index in [1.54, 1.807) is 18.4 Å². The average Bonchev–Trinajstić information content (AvgIpc) is 3.46. The zero-order valence-electron chi connectivity index (χ0n) is 15.9. The molecule has 0 saturated heterocycles. The van der Waals surface area contributed by atoms with Crippen molar-refractivity contribution in [2.45, 2.75) is 0 Å². The molecule has 8 heteroatoms. The molecule has 0 radical (unpaired) electrons. The molecule has 0 unspecified atom stereocenters. The van der Waals surface area contributed by atoms with Crippen molar-refractivity contribution in [1.82, 2.24) is 15.4 Å². The molecule has 2 aromatic carbocycles. The standard InChI is InChI=1S/C22H16N4O2S2/c1-28-17-8-4-9-19-20(17)24-22(30-19)26-25-21(27)14-12-16(18-10-5-11-29-18)23-15-7-3-2-6-13(14)15/h2-12H,1H3,(H,24,26)(H,25,27). The van der Waals surface area contributed by atoms with E-state index in [0.717, 1.165) is 31.7 Å². The molecular formula is C22H16N4O2S2. The predicted molar refractivity (Wildman–Crippen MR) is 122 cm³/mol. The van der Waals surface area contributed by atoms with Crippen molar-refractivity contribution < 1.29 is 9.53 Å². The van der Waals surface area contributed by atoms with Crippen LogP contribution in [0.3, 0.4) is 0 Å². The number of thiazole rings is 1. The van der Waals surface area contributed by atoms with Gasteiger partial charge in [-0.05, 0) is 35.7 Å². The van der Waals surface area contributed by atoms with Crippen LogP contribution in [0, 0.1) is 0 Å². The third-order valence-electron chi connectivity index (χ3n) is 4.62. The van der Waals surface area contributed by atoms with Crippen molar-refractivity contribution in [1.29, 1.82) is 0 Å². The van der Waals surface area contributed by atoms with Gasteiger partial charge in [-0.25, -0.2) is 9.97 Å². The fourth-order valence-corrected chi connectivity index (χ4v) is 4.76. The second-order valence-corrected chi connectivity index (χ2v) is 8.43. The van der Waals surface area contributed by atoms with Crippen LogP contribution in [-0.2, 0) is 0 Å². The first-order valence-electron chi connectivity index (χ1n) is 9.16. The average molecular weight is 433 g/mol. The molecule has 0 fully saturated rings. The smallest absolute Gasteiger partial charge is 0.270 e. The van der Waals surface area contributed by atoms with Crippen LogP contribution in [0.1, 0.15) is 10.4 Å². The molecule has 5 rings (SSSR count). The van der Waals surface area contributed by atoms with E-state index in [-0.39, 0.29) is 5.91 Å². The number of amides is 1. The Kier molecular flexibility index (Phi) is 4.78. The third kappa shape index (κ3) is 3.36. The minimum atomic E-state index is -0.252. The second kappa shape index (κ2) is 7.74. The quantitative estimate of drug-likeness (QED) is 0.367. The number of methoxy groups -OCH3 is 1. The summed E-state index contributed by atoms with van der Waals surface area (Å²) >= 11 is 3.03. The number of rotatable bonds is 5. The van der Waals surface area contributed by atoms with Crippen LogP contribution in [-0.4, -0.2) is 23.0 Å². The van der Waals surface area contributed by atoms with Crippen LogP contribution in [0.2, 0.25) is 0 Å². The monoisotopic (exact) mass is 432 g/mol. The van der Waals surface area contributed by atoms with Crippen molar-refractivity contribution in [2.75, 3.05) is 12.5 Å². The van der Waals surface area contributed by atoms with E-state index < -0.39 is 0 Å². The molecule has 0 atom stereocenters. The second-order valence-electron chi connectivity index (χ2n) is 6.45. The van der Waals surface area contributed by atoms with Crippen molar-refractivity contribution in [3.8, 4) is 16.3 Å². The summed E-state index contributed by atoms with van der Waals surface area (Å²) < 4.78 is 6.33. The summed E-state index contributed by atoms with van der Waals surface area (Å²) in [7, 11) is 1.61. The molecule has 0 aliphatic heterocycles. The number of carbonyl (C=O) groups excluding carboxylic acids is 1. The van der Waals surface area contributed by atoms with Crippen molar-refractivity contribution in [2.24, 2.45) is 0 Å². The van der Waals surface area contributed by atoms with Crippen molar-refractivity contribution in [3.63, 3.8) is 0 Å². The number of hydrogen-bond acceptors (Lipinski definition) is 7. The van der Waals surface area contributed by atoms with Crippen molar-refractivity contribution >= 4 is 54.8 Å². The molecule has 30 heavy (non-hydrogen) atoms. The van der Waals surface area contributed by atoms with E-state index in [4.69, 9.17) is 9.72 Å². The molecule has 0 aliphatic carbocycles. The summed E-state index contributed by atoms with van der Waals surface area (Å²) in [6.07, 6.45) is 0. The van der Waals surface area contributed by atoms with E-state index >= 15 is 0 Å². The molecule has 6 nitrogen and oxygen atoms in total. The molecule has 3 aromatic heterocycles. The highest BCUT2D eigenvalue weighted by atomic mass is 32.1. The highest BCUT2D eigenvalue weighted by Gasteiger charge is 2.15. The van der Waals surface area contributed by atoms with Gasteiger partial charge in [-0.3, -0.25) is 15.6 Å². The van der Waals surface area contributed by atoms with Crippen LogP contribution in [0.5, 0.6) is 5.75 Å². The molecule has 3 heterocycles. The maximum absolute atomic E-state index is 13.0. The fraction of sp³-hybridized carbons (Fsp3) is 0.0455. The van der Waals surface area contributed by atoms with Gasteiger partial charge in [0.15, 0.2) is 0 Å². The number of anilines is 1. The third-order valence-corrected chi connectivity index (χ3v) is 6.45. The molecule has 5 aromatic rings. The number of hydrazine groups is 1. The Morgan fingerprint density at radius 3 is 2.77 bits per heavy atom. The topological polar surface area (TPSA) is 76.1 Å². The number of nitrogens with one attached hydrogen (secondary N) is 2. The van der Waals surface area contributed by atoms with Crippen LogP contribution in [0.4, 0.5) is 5.13 Å². The molecule has 1 amide bonds. The number of aromatic nitrogens is 2. The van der Waals surface area contributed by atoms with Crippen LogP contribution in [0.15, 0.2) is 66.0 Å². The summed E-state index contributed by atoms with van der Waals surface area (Å²) in [4.78, 5) is 23.3. The van der Waals surface area contributed by atoms with Gasteiger partial charge in [0.1, 0.15) is 11.3 Å². The number of hydrogen-bond donors (Lipinski definition) is 2. The lowest BCUT2D eigenvalue weighted by molar-refractivity contribution is 0.0964. The molecular weight excluding hydrogens is 416 g/mol. The molecule has 2 N–H and O–H groups in total. The van der Waals surface area contributed by atoms with Crippen LogP contribution >= 0.6 is 22.7 Å². The minimum Gasteiger partial charge on any atom is -0.494 e. The number of pyridine rings is 1. The Bertz CT molecular complexity index is 1360. The molecule has 0 spiro atoms. The zero-order valence-corrected chi connectivity index (χ0v) is 17.5. The number of fused-ring (bicyclic) bond motifs is 2. The first kappa shape index (κ1) is 18.5. The Hall–Kier alpha value is -3.49. The first-order chi connectivity index (χ1) is 14.7. The Morgan fingerprint density at radius 2 is 1.93 bits per heavy atom. The van der Waals surface area contributed by atoms with Gasteiger partial charge in [-0.1, -0.05) is 41.7 Å². The van der Waals surface area contributed by atoms with Gasteiger partial charge in [0.25, 0.3) is 5.91 Å². The van der Waals surface area contributed by atoms with Gasteiger partial charge < -0.3 is 4.74 Å². The molecule has 0 aliphatic rings. The lowest BCUT2D eigenvalue weighted by Crippen LogP contribution is -2.29. The SMILES string of the molecule is COc1cccc2sc(NNC(=O)c3cc(-c4cccs4)nc4ccccc34)nc12. The summed E-state index contributed by atoms with van der Waals surface area (Å²) in [6.45, 7) is 0. The van der Waals surface area contributed by atoms with Gasteiger partial charge in [0, 0.05) is 5.39 Å². The van der Waals surface area contributed by atoms with E-state index in [1.165, 1.54) is 11.3 Å². The lowest BCUT2D eigenvalue weighted by Gasteiger charge is -2.10. The summed E-state index contributed by atoms with van der Waals surface area (Å²) in [5.41, 5.74) is 8.57. The summed E-state index contributed by atoms with van der Waals surface area (Å²) in [6, 6.07) is 19.2. The molecule has 0 bridgehead atoms. The van der Waals surface area contributed by atoms with Crippen molar-refractivity contribution in [3.05, 3.63) is 71.6 Å². The first-order valence-corrected chi connectivity index (χ1v) is 10.9. The minimum absolute atomic E-state index is 0.252. The van der Waals surface area contributed by atoms with Gasteiger partial charge >= 0.3 is 0 Å². The number of nitrogens with zero attached hydrogens (tertiary/aromatic N) is 2. The maximum atomic E-state index is 13.0. The fourth-order valence-electron chi connectivity index (χ4n) is 3.23. The number of benzene rings is 2. The molecule has 0 saturated carbocycles. The lowest BCUT2D eigenvalue weighted by atomic mass is 10.1. The largest absolute Gasteiger partial charge is 0.494 e. The summed E-state index contributed by atoms with van der Waals surface area (Å²) in [5, 5.41) is 3.37. The number of para-hydroxylation sites is 2. The Balaban J connectivity index is 1.46. The van der Waals surface area contributed by atoms with E-state index in [9.17, 15) is 4.79 Å². The zero-order chi connectivity index (χ0) is 20.5. The van der Waals surface area contributed by atoms with Crippen LogP contribution < -0.4 is 15.6 Å².